The first-order valence-corrected chi connectivity index (χ1v) is 12.7. The summed E-state index contributed by atoms with van der Waals surface area (Å²) in [6.07, 6.45) is 5.03. The van der Waals surface area contributed by atoms with Crippen LogP contribution >= 0.6 is 0 Å². The first kappa shape index (κ1) is 27.2. The molecule has 3 aromatic heterocycles. The van der Waals surface area contributed by atoms with Crippen molar-refractivity contribution in [3.63, 3.8) is 0 Å². The number of ketones is 1. The van der Waals surface area contributed by atoms with E-state index in [1.807, 2.05) is 30.6 Å². The first-order chi connectivity index (χ1) is 18.9. The third-order valence-corrected chi connectivity index (χ3v) is 6.77. The van der Waals surface area contributed by atoms with Crippen LogP contribution in [0.25, 0.3) is 65.6 Å². The maximum Gasteiger partial charge on any atom is 0.316 e. The number of rotatable bonds is 2. The Hall–Kier alpha value is -4.38. The summed E-state index contributed by atoms with van der Waals surface area (Å²) >= 11 is 0. The SMILES string of the molecule is CC(=[OH+])/C=C(/C)O.Cc1[c-]c(-c2nc3ccccc3c3c2oc2ccccc23)cc2c1ccc1cnccc12.[Ir]. The predicted octanol–water partition coefficient (Wildman–Crippen LogP) is 8.62. The summed E-state index contributed by atoms with van der Waals surface area (Å²) in [6.45, 7) is 5.11. The third-order valence-electron chi connectivity index (χ3n) is 6.77. The average molecular weight is 703 g/mol. The number of allylic oxidation sites excluding steroid dienone is 2. The second-order valence-corrected chi connectivity index (χ2v) is 9.64. The Morgan fingerprint density at radius 2 is 1.65 bits per heavy atom. The summed E-state index contributed by atoms with van der Waals surface area (Å²) in [4.78, 5) is 17.7. The third kappa shape index (κ3) is 4.88. The van der Waals surface area contributed by atoms with Gasteiger partial charge in [-0.15, -0.1) is 23.3 Å². The fourth-order valence-corrected chi connectivity index (χ4v) is 5.17. The van der Waals surface area contributed by atoms with Crippen LogP contribution in [0.15, 0.2) is 101 Å². The van der Waals surface area contributed by atoms with Gasteiger partial charge < -0.3 is 9.52 Å². The van der Waals surface area contributed by atoms with Gasteiger partial charge in [0.1, 0.15) is 11.2 Å². The smallest absolute Gasteiger partial charge is 0.316 e. The van der Waals surface area contributed by atoms with Crippen molar-refractivity contribution in [2.75, 3.05) is 0 Å². The molecule has 0 aliphatic rings. The van der Waals surface area contributed by atoms with E-state index < -0.39 is 0 Å². The van der Waals surface area contributed by atoms with Gasteiger partial charge in [0.15, 0.2) is 0 Å². The zero-order valence-corrected chi connectivity index (χ0v) is 24.6. The topological polar surface area (TPSA) is 80.5 Å². The molecule has 7 rings (SSSR count). The molecule has 0 unspecified atom stereocenters. The molecule has 0 atom stereocenters. The van der Waals surface area contributed by atoms with Crippen molar-refractivity contribution in [2.24, 2.45) is 0 Å². The number of aliphatic hydroxyl groups excluding tert-OH is 1. The maximum absolute atomic E-state index is 8.40. The van der Waals surface area contributed by atoms with Crippen molar-refractivity contribution in [3.05, 3.63) is 109 Å². The molecule has 0 saturated heterocycles. The molecule has 0 amide bonds. The van der Waals surface area contributed by atoms with Gasteiger partial charge >= 0.3 is 5.78 Å². The molecule has 0 saturated carbocycles. The average Bonchev–Trinajstić information content (AvgIpc) is 3.32. The van der Waals surface area contributed by atoms with E-state index in [2.05, 4.69) is 72.6 Å². The van der Waals surface area contributed by atoms with Gasteiger partial charge in [-0.1, -0.05) is 66.2 Å². The summed E-state index contributed by atoms with van der Waals surface area (Å²) in [5, 5.41) is 16.4. The zero-order chi connectivity index (χ0) is 27.1. The van der Waals surface area contributed by atoms with Crippen molar-refractivity contribution < 1.29 is 34.4 Å². The van der Waals surface area contributed by atoms with E-state index in [1.165, 1.54) is 36.1 Å². The Morgan fingerprint density at radius 3 is 2.40 bits per heavy atom. The summed E-state index contributed by atoms with van der Waals surface area (Å²) < 4.78 is 6.39. The molecule has 0 fully saturated rings. The van der Waals surface area contributed by atoms with Gasteiger partial charge in [0, 0.05) is 54.4 Å². The minimum absolute atomic E-state index is 0. The minimum Gasteiger partial charge on any atom is -0.512 e. The summed E-state index contributed by atoms with van der Waals surface area (Å²) in [7, 11) is 0. The van der Waals surface area contributed by atoms with E-state index >= 15 is 0 Å². The molecule has 4 aromatic carbocycles. The normalized spacial score (nSPS) is 11.5. The van der Waals surface area contributed by atoms with E-state index in [9.17, 15) is 0 Å². The molecule has 0 aliphatic carbocycles. The number of benzene rings is 4. The van der Waals surface area contributed by atoms with E-state index in [0.29, 0.717) is 0 Å². The van der Waals surface area contributed by atoms with E-state index in [-0.39, 0.29) is 31.6 Å². The van der Waals surface area contributed by atoms with Gasteiger partial charge in [-0.05, 0) is 35.9 Å². The fourth-order valence-electron chi connectivity index (χ4n) is 5.17. The van der Waals surface area contributed by atoms with Crippen molar-refractivity contribution in [2.45, 2.75) is 20.8 Å². The van der Waals surface area contributed by atoms with Crippen molar-refractivity contribution in [1.82, 2.24) is 9.97 Å². The van der Waals surface area contributed by atoms with Gasteiger partial charge in [-0.2, -0.15) is 0 Å². The number of hydrogen-bond acceptors (Lipinski definition) is 4. The van der Waals surface area contributed by atoms with Crippen molar-refractivity contribution >= 4 is 60.2 Å². The maximum atomic E-state index is 8.40. The molecule has 40 heavy (non-hydrogen) atoms. The van der Waals surface area contributed by atoms with Crippen LogP contribution in [0.1, 0.15) is 19.4 Å². The van der Waals surface area contributed by atoms with Gasteiger partial charge in [0.05, 0.1) is 24.3 Å². The molecule has 0 spiro atoms. The zero-order valence-electron chi connectivity index (χ0n) is 22.2. The van der Waals surface area contributed by atoms with Gasteiger partial charge in [-0.25, -0.2) is 0 Å². The molecule has 3 heterocycles. The number of carbonyl (C=O) groups excluding carboxylic acids is 1. The number of nitrogens with zero attached hydrogens (tertiary/aromatic N) is 2. The molecule has 0 aliphatic heterocycles. The Kier molecular flexibility index (Phi) is 7.48. The van der Waals surface area contributed by atoms with Crippen LogP contribution in [0.3, 0.4) is 0 Å². The number of aliphatic hydroxyl groups is 1. The van der Waals surface area contributed by atoms with Crippen LogP contribution in [0.5, 0.6) is 0 Å². The number of aromatic nitrogens is 2. The second kappa shape index (κ2) is 11.0. The fraction of sp³-hybridized carbons (Fsp3) is 0.0882. The van der Waals surface area contributed by atoms with E-state index in [1.54, 1.807) is 0 Å². The molecule has 6 heteroatoms. The van der Waals surface area contributed by atoms with Crippen LogP contribution in [0, 0.1) is 13.0 Å². The Labute approximate surface area is 244 Å². The standard InChI is InChI=1S/C29H17N2O.C5H8O2.Ir/c1-17-14-19(15-24-20(17)11-10-18-16-30-13-12-21(18)24)28-29-27(22-6-2-4-8-25(22)31-28)23-7-3-5-9-26(23)32-29;1-4(6)3-5(2)7;/h2-13,15-16H,1H3;3,6H,1-2H3;/q-1;;/p+1/b;4-3-;. The van der Waals surface area contributed by atoms with Crippen LogP contribution in [0.4, 0.5) is 0 Å². The largest absolute Gasteiger partial charge is 0.512 e. The monoisotopic (exact) mass is 703 g/mol. The molecule has 7 aromatic rings. The second-order valence-electron chi connectivity index (χ2n) is 9.64. The number of furan rings is 1. The first-order valence-electron chi connectivity index (χ1n) is 12.7. The molecule has 1 radical (unpaired) electrons. The molecule has 0 bridgehead atoms. The molecule has 2 N–H and O–H groups in total. The quantitative estimate of drug-likeness (QED) is 0.0644. The van der Waals surface area contributed by atoms with E-state index in [4.69, 9.17) is 19.3 Å². The van der Waals surface area contributed by atoms with Gasteiger partial charge in [0.2, 0.25) is 0 Å². The Balaban J connectivity index is 0.000000362. The number of aryl methyl sites for hydroxylation is 1. The summed E-state index contributed by atoms with van der Waals surface area (Å²) in [5.74, 6) is 0.250. The van der Waals surface area contributed by atoms with Crippen molar-refractivity contribution in [3.8, 4) is 11.3 Å². The minimum atomic E-state index is 0. The summed E-state index contributed by atoms with van der Waals surface area (Å²) in [6, 6.07) is 28.6. The molecular formula is C34H26IrN2O3. The van der Waals surface area contributed by atoms with Gasteiger partial charge in [-0.3, -0.25) is 14.8 Å². The Morgan fingerprint density at radius 1 is 0.900 bits per heavy atom. The number of para-hydroxylation sites is 2. The van der Waals surface area contributed by atoms with E-state index in [0.717, 1.165) is 55.0 Å². The molecular weight excluding hydrogens is 677 g/mol. The number of fused-ring (bicyclic) bond motifs is 8. The molecule has 5 nitrogen and oxygen atoms in total. The van der Waals surface area contributed by atoms with Crippen LogP contribution in [-0.2, 0) is 20.1 Å². The van der Waals surface area contributed by atoms with Crippen LogP contribution < -0.4 is 0 Å². The number of pyridine rings is 2. The number of hydrogen-bond donors (Lipinski definition) is 1. The van der Waals surface area contributed by atoms with Gasteiger partial charge in [0.25, 0.3) is 0 Å². The van der Waals surface area contributed by atoms with Crippen LogP contribution in [-0.4, -0.2) is 25.7 Å². The molecule has 199 valence electrons. The Bertz CT molecular complexity index is 2090. The predicted molar refractivity (Wildman–Crippen MR) is 160 cm³/mol. The van der Waals surface area contributed by atoms with Crippen molar-refractivity contribution in [1.29, 1.82) is 0 Å². The summed E-state index contributed by atoms with van der Waals surface area (Å²) in [5.41, 5.74) is 5.49. The van der Waals surface area contributed by atoms with Crippen LogP contribution in [0.2, 0.25) is 0 Å².